The number of nitrogens with zero attached hydrogens (tertiary/aromatic N) is 5. The maximum Gasteiger partial charge on any atom is 0.416 e. The number of benzene rings is 2. The average Bonchev–Trinajstić information content (AvgIpc) is 3.31. The molecule has 0 atom stereocenters. The fourth-order valence-corrected chi connectivity index (χ4v) is 3.77. The molecule has 0 unspecified atom stereocenters. The molecule has 200 valence electrons. The number of likely N-dealkylation sites (N-methyl/N-ethyl adjacent to an activating group) is 1. The fourth-order valence-electron chi connectivity index (χ4n) is 3.77. The van der Waals surface area contributed by atoms with Gasteiger partial charge >= 0.3 is 12.2 Å². The summed E-state index contributed by atoms with van der Waals surface area (Å²) in [6.45, 7) is 1.59. The minimum absolute atomic E-state index is 0.0447. The van der Waals surface area contributed by atoms with Gasteiger partial charge < -0.3 is 26.2 Å². The van der Waals surface area contributed by atoms with E-state index in [1.165, 1.54) is 12.4 Å². The molecule has 4 N–H and O–H groups in total. The Labute approximate surface area is 217 Å². The number of aromatic nitrogens is 4. The standard InChI is InChI=1S/C25H28F3N9O/c1-29-22-21-23(32-14-31-22)37(15-33-21)20-6-4-18(5-7-20)34-24(38)35-19-11-16(13-30-8-9-36(2)3)10-17(12-19)25(26,27)28/h4-7,10-12,14-15,30H,8-9,13H2,1-3H3,(H,29,31,32)(H2,34,35,38). The number of carbonyl (C=O) groups is 1. The van der Waals surface area contributed by atoms with E-state index in [-0.39, 0.29) is 12.2 Å². The Bertz CT molecular complexity index is 1400. The summed E-state index contributed by atoms with van der Waals surface area (Å²) < 4.78 is 42.1. The van der Waals surface area contributed by atoms with Gasteiger partial charge in [-0.25, -0.2) is 19.7 Å². The second kappa shape index (κ2) is 11.4. The first-order chi connectivity index (χ1) is 18.1. The Morgan fingerprint density at radius 2 is 1.74 bits per heavy atom. The van der Waals surface area contributed by atoms with E-state index in [2.05, 4.69) is 36.2 Å². The topological polar surface area (TPSA) is 112 Å². The normalized spacial score (nSPS) is 11.7. The van der Waals surface area contributed by atoms with Crippen molar-refractivity contribution in [1.82, 2.24) is 29.7 Å². The van der Waals surface area contributed by atoms with Crippen LogP contribution < -0.4 is 21.3 Å². The lowest BCUT2D eigenvalue weighted by Crippen LogP contribution is -2.26. The summed E-state index contributed by atoms with van der Waals surface area (Å²) in [5.74, 6) is 0.603. The van der Waals surface area contributed by atoms with Gasteiger partial charge in [-0.1, -0.05) is 0 Å². The van der Waals surface area contributed by atoms with Crippen LogP contribution in [0.25, 0.3) is 16.9 Å². The van der Waals surface area contributed by atoms with Crippen molar-refractivity contribution in [1.29, 1.82) is 0 Å². The van der Waals surface area contributed by atoms with E-state index in [0.29, 0.717) is 34.8 Å². The van der Waals surface area contributed by atoms with E-state index in [1.54, 1.807) is 42.2 Å². The molecule has 0 saturated heterocycles. The van der Waals surface area contributed by atoms with E-state index in [1.807, 2.05) is 19.0 Å². The number of carbonyl (C=O) groups excluding carboxylic acids is 1. The highest BCUT2D eigenvalue weighted by Crippen LogP contribution is 2.32. The lowest BCUT2D eigenvalue weighted by molar-refractivity contribution is -0.137. The number of amides is 2. The second-order valence-corrected chi connectivity index (χ2v) is 8.78. The second-order valence-electron chi connectivity index (χ2n) is 8.78. The van der Waals surface area contributed by atoms with Gasteiger partial charge in [-0.3, -0.25) is 4.57 Å². The quantitative estimate of drug-likeness (QED) is 0.242. The summed E-state index contributed by atoms with van der Waals surface area (Å²) in [6.07, 6.45) is -1.49. The molecule has 10 nitrogen and oxygen atoms in total. The molecule has 0 fully saturated rings. The molecule has 0 aliphatic rings. The molecular formula is C25H28F3N9O. The van der Waals surface area contributed by atoms with Crippen molar-refractivity contribution in [3.05, 3.63) is 66.2 Å². The molecule has 2 aromatic heterocycles. The highest BCUT2D eigenvalue weighted by atomic mass is 19.4. The molecule has 2 amide bonds. The smallest absolute Gasteiger partial charge is 0.371 e. The van der Waals surface area contributed by atoms with Crippen molar-refractivity contribution >= 4 is 34.4 Å². The van der Waals surface area contributed by atoms with Crippen molar-refractivity contribution in [2.75, 3.05) is 50.2 Å². The third-order valence-corrected chi connectivity index (χ3v) is 5.62. The number of anilines is 3. The van der Waals surface area contributed by atoms with Crippen LogP contribution in [0.2, 0.25) is 0 Å². The molecule has 13 heteroatoms. The highest BCUT2D eigenvalue weighted by Gasteiger charge is 2.31. The first kappa shape index (κ1) is 26.8. The van der Waals surface area contributed by atoms with Crippen molar-refractivity contribution in [2.45, 2.75) is 12.7 Å². The summed E-state index contributed by atoms with van der Waals surface area (Å²) in [5, 5.41) is 11.2. The van der Waals surface area contributed by atoms with Gasteiger partial charge in [0.05, 0.1) is 5.56 Å². The lowest BCUT2D eigenvalue weighted by atomic mass is 10.1. The zero-order valence-electron chi connectivity index (χ0n) is 21.1. The van der Waals surface area contributed by atoms with Crippen LogP contribution in [0.3, 0.4) is 0 Å². The van der Waals surface area contributed by atoms with E-state index in [9.17, 15) is 18.0 Å². The Morgan fingerprint density at radius 3 is 2.42 bits per heavy atom. The van der Waals surface area contributed by atoms with Crippen LogP contribution in [0.1, 0.15) is 11.1 Å². The zero-order valence-corrected chi connectivity index (χ0v) is 21.1. The number of nitrogens with one attached hydrogen (secondary N) is 4. The maximum absolute atomic E-state index is 13.4. The van der Waals surface area contributed by atoms with Gasteiger partial charge in [0.15, 0.2) is 17.0 Å². The molecule has 0 radical (unpaired) electrons. The molecular weight excluding hydrogens is 499 g/mol. The number of halogens is 3. The Hall–Kier alpha value is -4.23. The van der Waals surface area contributed by atoms with Crippen LogP contribution >= 0.6 is 0 Å². The number of imidazole rings is 1. The average molecular weight is 528 g/mol. The molecule has 2 heterocycles. The maximum atomic E-state index is 13.4. The van der Waals surface area contributed by atoms with Crippen molar-refractivity contribution in [2.24, 2.45) is 0 Å². The molecule has 2 aromatic carbocycles. The summed E-state index contributed by atoms with van der Waals surface area (Å²) in [5.41, 5.74) is 2.06. The third-order valence-electron chi connectivity index (χ3n) is 5.62. The summed E-state index contributed by atoms with van der Waals surface area (Å²) in [4.78, 5) is 27.3. The van der Waals surface area contributed by atoms with Gasteiger partial charge in [-0.05, 0) is 62.1 Å². The van der Waals surface area contributed by atoms with Crippen LogP contribution in [-0.4, -0.2) is 64.7 Å². The fraction of sp³-hybridized carbons (Fsp3) is 0.280. The molecule has 0 bridgehead atoms. The van der Waals surface area contributed by atoms with Crippen LogP contribution in [0.5, 0.6) is 0 Å². The van der Waals surface area contributed by atoms with E-state index in [0.717, 1.165) is 24.4 Å². The number of hydrogen-bond donors (Lipinski definition) is 4. The minimum Gasteiger partial charge on any atom is -0.371 e. The van der Waals surface area contributed by atoms with Gasteiger partial charge in [-0.15, -0.1) is 0 Å². The Morgan fingerprint density at radius 1 is 1.00 bits per heavy atom. The van der Waals surface area contributed by atoms with Gasteiger partial charge in [0.1, 0.15) is 12.7 Å². The predicted octanol–water partition coefficient (Wildman–Crippen LogP) is 4.17. The Kier molecular flexibility index (Phi) is 8.08. The molecule has 4 aromatic rings. The number of hydrogen-bond acceptors (Lipinski definition) is 7. The van der Waals surface area contributed by atoms with Crippen molar-refractivity contribution in [3.8, 4) is 5.69 Å². The first-order valence-corrected chi connectivity index (χ1v) is 11.7. The van der Waals surface area contributed by atoms with Gasteiger partial charge in [0.2, 0.25) is 0 Å². The van der Waals surface area contributed by atoms with Crippen molar-refractivity contribution in [3.63, 3.8) is 0 Å². The molecule has 4 rings (SSSR count). The first-order valence-electron chi connectivity index (χ1n) is 11.7. The Balaban J connectivity index is 1.44. The molecule has 0 saturated carbocycles. The predicted molar refractivity (Wildman–Crippen MR) is 141 cm³/mol. The number of rotatable bonds is 9. The third kappa shape index (κ3) is 6.55. The monoisotopic (exact) mass is 527 g/mol. The molecule has 0 aliphatic carbocycles. The summed E-state index contributed by atoms with van der Waals surface area (Å²) in [7, 11) is 5.57. The van der Waals surface area contributed by atoms with Crippen LogP contribution in [0.15, 0.2) is 55.1 Å². The summed E-state index contributed by atoms with van der Waals surface area (Å²) in [6, 6.07) is 9.72. The number of fused-ring (bicyclic) bond motifs is 1. The number of urea groups is 1. The van der Waals surface area contributed by atoms with Gasteiger partial charge in [0, 0.05) is 43.7 Å². The lowest BCUT2D eigenvalue weighted by Gasteiger charge is -2.15. The van der Waals surface area contributed by atoms with Crippen molar-refractivity contribution < 1.29 is 18.0 Å². The number of alkyl halides is 3. The molecule has 38 heavy (non-hydrogen) atoms. The summed E-state index contributed by atoms with van der Waals surface area (Å²) >= 11 is 0. The molecule has 0 spiro atoms. The van der Waals surface area contributed by atoms with E-state index < -0.39 is 17.8 Å². The van der Waals surface area contributed by atoms with Crippen LogP contribution in [0, 0.1) is 0 Å². The zero-order chi connectivity index (χ0) is 27.3. The van der Waals surface area contributed by atoms with Crippen LogP contribution in [0.4, 0.5) is 35.2 Å². The van der Waals surface area contributed by atoms with Gasteiger partial charge in [0.25, 0.3) is 0 Å². The van der Waals surface area contributed by atoms with Gasteiger partial charge in [-0.2, -0.15) is 13.2 Å². The highest BCUT2D eigenvalue weighted by molar-refractivity contribution is 6.00. The van der Waals surface area contributed by atoms with E-state index >= 15 is 0 Å². The SMILES string of the molecule is CNc1ncnc2c1ncn2-c1ccc(NC(=O)Nc2cc(CNCCN(C)C)cc(C(F)(F)F)c2)cc1. The van der Waals surface area contributed by atoms with Crippen LogP contribution in [-0.2, 0) is 12.7 Å². The van der Waals surface area contributed by atoms with E-state index in [4.69, 9.17) is 0 Å². The largest absolute Gasteiger partial charge is 0.416 e. The molecule has 0 aliphatic heterocycles. The minimum atomic E-state index is -4.54.